The summed E-state index contributed by atoms with van der Waals surface area (Å²) in [5.41, 5.74) is 18.1. The minimum absolute atomic E-state index is 0.0502. The van der Waals surface area contributed by atoms with Crippen molar-refractivity contribution in [3.8, 4) is 68.2 Å². The molecule has 3 aromatic heterocycles. The van der Waals surface area contributed by atoms with Gasteiger partial charge in [0.2, 0.25) is 0 Å². The Bertz CT molecular complexity index is 3790. The Hall–Kier alpha value is -7.96. The first kappa shape index (κ1) is 48.3. The molecule has 2 N–H and O–H groups in total. The Morgan fingerprint density at radius 3 is 0.865 bits per heavy atom. The molecule has 0 unspecified atom stereocenters. The highest BCUT2D eigenvalue weighted by atomic mass is 79.9. The molecule has 0 aliphatic carbocycles. The summed E-state index contributed by atoms with van der Waals surface area (Å²) >= 11 is 9.75. The molecular formula is C64H40Br2N4O2S2. The second-order valence-electron chi connectivity index (χ2n) is 17.4. The molecule has 10 heteroatoms. The normalized spacial score (nSPS) is 11.4. The van der Waals surface area contributed by atoms with Crippen LogP contribution in [0.25, 0.3) is 90.9 Å². The summed E-state index contributed by atoms with van der Waals surface area (Å²) < 4.78 is 1.96. The van der Waals surface area contributed by atoms with Gasteiger partial charge in [-0.3, -0.25) is 9.59 Å². The highest BCUT2D eigenvalue weighted by Crippen LogP contribution is 2.39. The number of aromatic nitrogens is 4. The third-order valence-electron chi connectivity index (χ3n) is 12.3. The Morgan fingerprint density at radius 2 is 0.608 bits per heavy atom. The van der Waals surface area contributed by atoms with Gasteiger partial charge in [0.25, 0.3) is 0 Å². The van der Waals surface area contributed by atoms with Crippen molar-refractivity contribution in [2.75, 3.05) is 0 Å². The molecule has 9 aromatic rings. The van der Waals surface area contributed by atoms with Gasteiger partial charge in [0.15, 0.2) is 10.2 Å². The van der Waals surface area contributed by atoms with Crippen molar-refractivity contribution in [2.45, 2.75) is 23.6 Å². The molecule has 0 fully saturated rings. The van der Waals surface area contributed by atoms with Crippen LogP contribution in [0.2, 0.25) is 0 Å². The number of hydrogen-bond donors (Lipinski definition) is 2. The van der Waals surface area contributed by atoms with E-state index in [0.717, 1.165) is 130 Å². The van der Waals surface area contributed by atoms with Crippen LogP contribution < -0.4 is 0 Å². The molecule has 6 aromatic carbocycles. The largest absolute Gasteiger partial charge is 0.354 e. The molecule has 0 radical (unpaired) electrons. The van der Waals surface area contributed by atoms with E-state index in [0.29, 0.717) is 0 Å². The fourth-order valence-electron chi connectivity index (χ4n) is 8.93. The van der Waals surface area contributed by atoms with E-state index in [1.54, 1.807) is 13.8 Å². The maximum absolute atomic E-state index is 11.6. The molecule has 6 nitrogen and oxygen atoms in total. The van der Waals surface area contributed by atoms with Crippen molar-refractivity contribution in [1.82, 2.24) is 19.9 Å². The first-order chi connectivity index (χ1) is 36.1. The minimum Gasteiger partial charge on any atom is -0.354 e. The van der Waals surface area contributed by atoms with Gasteiger partial charge in [-0.25, -0.2) is 9.97 Å². The first-order valence-electron chi connectivity index (χ1n) is 23.6. The Morgan fingerprint density at radius 1 is 0.365 bits per heavy atom. The Kier molecular flexibility index (Phi) is 13.9. The molecule has 5 heterocycles. The van der Waals surface area contributed by atoms with E-state index in [9.17, 15) is 9.59 Å². The fraction of sp³-hybridized carbons (Fsp3) is 0.0312. The summed E-state index contributed by atoms with van der Waals surface area (Å²) in [5, 5.41) is 0.100. The highest BCUT2D eigenvalue weighted by molar-refractivity contribution is 9.10. The molecule has 0 saturated carbocycles. The smallest absolute Gasteiger partial charge is 0.190 e. The number of hydrogen-bond acceptors (Lipinski definition) is 6. The molecule has 354 valence electrons. The SMILES string of the molecule is CC(=O)Sc1ccc(C#Cc2ccc(-c3c4nc(c(-c5ccc(Br)cc5)c5ccc([nH]5)c(-c5ccc(C#Cc6ccc(SC(C)=O)cc6)cc5)c5nc(c(-c6ccc(Br)cc6)c6ccc3[nH]6)C=C5)C=C4)cc2)cc1. The number of aromatic amines is 2. The maximum Gasteiger partial charge on any atom is 0.190 e. The van der Waals surface area contributed by atoms with Gasteiger partial charge in [0.1, 0.15) is 0 Å². The average molecular weight is 1120 g/mol. The summed E-state index contributed by atoms with van der Waals surface area (Å²) in [6, 6.07) is 57.2. The van der Waals surface area contributed by atoms with Crippen molar-refractivity contribution < 1.29 is 9.59 Å². The lowest BCUT2D eigenvalue weighted by atomic mass is 10.0. The second-order valence-corrected chi connectivity index (χ2v) is 21.7. The van der Waals surface area contributed by atoms with Gasteiger partial charge in [-0.05, 0) is 168 Å². The average Bonchev–Trinajstić information content (AvgIpc) is 4.26. The summed E-state index contributed by atoms with van der Waals surface area (Å²) in [4.78, 5) is 43.6. The molecule has 0 saturated heterocycles. The zero-order valence-corrected chi connectivity index (χ0v) is 44.6. The molecule has 8 bridgehead atoms. The van der Waals surface area contributed by atoms with Crippen molar-refractivity contribution >= 4 is 112 Å². The number of halogens is 2. The van der Waals surface area contributed by atoms with Crippen LogP contribution in [0.3, 0.4) is 0 Å². The van der Waals surface area contributed by atoms with Crippen molar-refractivity contribution in [1.29, 1.82) is 0 Å². The van der Waals surface area contributed by atoms with E-state index in [1.165, 1.54) is 23.5 Å². The summed E-state index contributed by atoms with van der Waals surface area (Å²) in [6.07, 6.45) is 8.40. The Labute approximate surface area is 453 Å². The standard InChI is InChI=1S/C64H40Br2N4O2S2/c1-39(71)73-51-27-11-43(12-28-51)5-3-41-7-15-45(16-8-41)61-53-31-35-57(67-53)63(47-19-23-49(65)24-20-47)59-37-33-55(69-59)62(46-17-9-42(10-18-46)4-6-44-13-29-52(30-14-44)74-40(2)72)56-34-38-60(70-56)64(58-36-32-54(61)68-58)48-21-25-50(66)26-22-48/h7-38,67,70H,1-2H3. The molecule has 2 aliphatic heterocycles. The Balaban J connectivity index is 1.10. The minimum atomic E-state index is 0.0502. The zero-order valence-electron chi connectivity index (χ0n) is 39.8. The van der Waals surface area contributed by atoms with E-state index < -0.39 is 0 Å². The monoisotopic (exact) mass is 1120 g/mol. The van der Waals surface area contributed by atoms with Crippen LogP contribution in [-0.2, 0) is 9.59 Å². The highest BCUT2D eigenvalue weighted by Gasteiger charge is 2.19. The molecule has 2 aliphatic rings. The number of H-pyrrole nitrogens is 2. The fourth-order valence-corrected chi connectivity index (χ4v) is 10.7. The molecule has 0 atom stereocenters. The van der Waals surface area contributed by atoms with Gasteiger partial charge < -0.3 is 9.97 Å². The number of nitrogens with one attached hydrogen (secondary N) is 2. The number of fused-ring (bicyclic) bond motifs is 8. The molecule has 0 amide bonds. The molecule has 0 spiro atoms. The van der Waals surface area contributed by atoms with Crippen molar-refractivity contribution in [3.05, 3.63) is 224 Å². The molecular weight excluding hydrogens is 1080 g/mol. The second kappa shape index (κ2) is 21.2. The van der Waals surface area contributed by atoms with E-state index in [1.807, 2.05) is 72.8 Å². The lowest BCUT2D eigenvalue weighted by Crippen LogP contribution is -1.90. The third kappa shape index (κ3) is 10.7. The molecule has 11 rings (SSSR count). The van der Waals surface area contributed by atoms with E-state index in [4.69, 9.17) is 9.97 Å². The molecule has 74 heavy (non-hydrogen) atoms. The van der Waals surface area contributed by atoms with Gasteiger partial charge in [-0.1, -0.05) is 128 Å². The predicted molar refractivity (Wildman–Crippen MR) is 314 cm³/mol. The van der Waals surface area contributed by atoms with Gasteiger partial charge in [-0.15, -0.1) is 0 Å². The summed E-state index contributed by atoms with van der Waals surface area (Å²) in [6.45, 7) is 3.13. The van der Waals surface area contributed by atoms with Crippen LogP contribution in [0, 0.1) is 23.7 Å². The van der Waals surface area contributed by atoms with Crippen LogP contribution in [0.5, 0.6) is 0 Å². The third-order valence-corrected chi connectivity index (χ3v) is 14.9. The lowest BCUT2D eigenvalue weighted by molar-refractivity contribution is -0.109. The van der Waals surface area contributed by atoms with Gasteiger partial charge in [0.05, 0.1) is 22.8 Å². The van der Waals surface area contributed by atoms with E-state index in [2.05, 4.69) is 187 Å². The summed E-state index contributed by atoms with van der Waals surface area (Å²) in [5.74, 6) is 13.2. The number of benzene rings is 6. The van der Waals surface area contributed by atoms with Crippen LogP contribution in [0.15, 0.2) is 189 Å². The number of carbonyl (C=O) groups is 2. The van der Waals surface area contributed by atoms with Crippen LogP contribution in [-0.4, -0.2) is 30.2 Å². The van der Waals surface area contributed by atoms with Crippen LogP contribution in [0.4, 0.5) is 0 Å². The summed E-state index contributed by atoms with van der Waals surface area (Å²) in [7, 11) is 0. The van der Waals surface area contributed by atoms with Gasteiger partial charge >= 0.3 is 0 Å². The maximum atomic E-state index is 11.6. The van der Waals surface area contributed by atoms with E-state index in [-0.39, 0.29) is 10.2 Å². The topological polar surface area (TPSA) is 91.5 Å². The quantitative estimate of drug-likeness (QED) is 0.127. The number of thioether (sulfide) groups is 2. The van der Waals surface area contributed by atoms with Crippen molar-refractivity contribution in [2.24, 2.45) is 0 Å². The van der Waals surface area contributed by atoms with Crippen LogP contribution >= 0.6 is 55.4 Å². The van der Waals surface area contributed by atoms with Gasteiger partial charge in [0, 0.05) is 99.2 Å². The first-order valence-corrected chi connectivity index (χ1v) is 26.8. The number of rotatable bonds is 6. The lowest BCUT2D eigenvalue weighted by Gasteiger charge is -2.07. The van der Waals surface area contributed by atoms with Crippen LogP contribution in [0.1, 0.15) is 58.9 Å². The number of carbonyl (C=O) groups excluding carboxylic acids is 2. The zero-order chi connectivity index (χ0) is 50.7. The van der Waals surface area contributed by atoms with Crippen molar-refractivity contribution in [3.63, 3.8) is 0 Å². The predicted octanol–water partition coefficient (Wildman–Crippen LogP) is 16.9. The van der Waals surface area contributed by atoms with Gasteiger partial charge in [-0.2, -0.15) is 0 Å². The van der Waals surface area contributed by atoms with E-state index >= 15 is 0 Å². The number of nitrogens with zero attached hydrogens (tertiary/aromatic N) is 2.